The Bertz CT molecular complexity index is 328. The van der Waals surface area contributed by atoms with Crippen LogP contribution in [0, 0.1) is 0 Å². The van der Waals surface area contributed by atoms with Crippen LogP contribution in [0.3, 0.4) is 0 Å². The van der Waals surface area contributed by atoms with E-state index in [0.29, 0.717) is 13.2 Å². The van der Waals surface area contributed by atoms with Gasteiger partial charge in [-0.05, 0) is 34.1 Å². The van der Waals surface area contributed by atoms with Gasteiger partial charge in [0.15, 0.2) is 0 Å². The van der Waals surface area contributed by atoms with E-state index in [0.717, 1.165) is 25.0 Å². The fourth-order valence-corrected chi connectivity index (χ4v) is 1.24. The van der Waals surface area contributed by atoms with Gasteiger partial charge in [0.2, 0.25) is 0 Å². The molecular weight excluding hydrogens is 260 g/mol. The quantitative estimate of drug-likeness (QED) is 0.390. The predicted molar refractivity (Wildman–Crippen MR) is 76.3 cm³/mol. The van der Waals surface area contributed by atoms with Gasteiger partial charge in [0, 0.05) is 18.8 Å². The molecule has 0 radical (unpaired) electrons. The van der Waals surface area contributed by atoms with Crippen LogP contribution in [0.4, 0.5) is 0 Å². The van der Waals surface area contributed by atoms with Gasteiger partial charge in [-0.3, -0.25) is 0 Å². The molecule has 1 atom stereocenters. The second-order valence-corrected chi connectivity index (χ2v) is 5.54. The Balaban J connectivity index is 3.94. The Labute approximate surface area is 121 Å². The minimum Gasteiger partial charge on any atom is -0.457 e. The SMILES string of the molecule is CCCCOCC(C)OC(=O)C=CC(=O)OC(C)(C)C. The molecule has 0 aliphatic heterocycles. The van der Waals surface area contributed by atoms with E-state index < -0.39 is 17.5 Å². The molecule has 0 aromatic carbocycles. The summed E-state index contributed by atoms with van der Waals surface area (Å²) < 4.78 is 15.4. The zero-order chi connectivity index (χ0) is 15.6. The Morgan fingerprint density at radius 1 is 1.15 bits per heavy atom. The molecule has 0 fully saturated rings. The number of ether oxygens (including phenoxy) is 3. The third kappa shape index (κ3) is 11.7. The van der Waals surface area contributed by atoms with Crippen LogP contribution >= 0.6 is 0 Å². The molecule has 20 heavy (non-hydrogen) atoms. The van der Waals surface area contributed by atoms with Crippen molar-refractivity contribution in [3.05, 3.63) is 12.2 Å². The van der Waals surface area contributed by atoms with E-state index in [1.54, 1.807) is 27.7 Å². The Morgan fingerprint density at radius 3 is 2.30 bits per heavy atom. The zero-order valence-electron chi connectivity index (χ0n) is 13.1. The summed E-state index contributed by atoms with van der Waals surface area (Å²) in [5.74, 6) is -1.15. The van der Waals surface area contributed by atoms with Crippen molar-refractivity contribution in [2.24, 2.45) is 0 Å². The molecule has 0 spiro atoms. The molecule has 0 aromatic heterocycles. The van der Waals surface area contributed by atoms with Crippen LogP contribution in [-0.4, -0.2) is 36.9 Å². The lowest BCUT2D eigenvalue weighted by Crippen LogP contribution is -2.23. The van der Waals surface area contributed by atoms with E-state index in [4.69, 9.17) is 14.2 Å². The maximum absolute atomic E-state index is 11.4. The van der Waals surface area contributed by atoms with Crippen LogP contribution < -0.4 is 0 Å². The van der Waals surface area contributed by atoms with Crippen molar-refractivity contribution in [1.82, 2.24) is 0 Å². The van der Waals surface area contributed by atoms with Crippen LogP contribution in [0.2, 0.25) is 0 Å². The van der Waals surface area contributed by atoms with E-state index >= 15 is 0 Å². The topological polar surface area (TPSA) is 61.8 Å². The predicted octanol–water partition coefficient (Wildman–Crippen LogP) is 2.63. The second kappa shape index (κ2) is 9.53. The number of unbranched alkanes of at least 4 members (excludes halogenated alkanes) is 1. The van der Waals surface area contributed by atoms with Gasteiger partial charge in [0.25, 0.3) is 0 Å². The lowest BCUT2D eigenvalue weighted by molar-refractivity contribution is -0.150. The van der Waals surface area contributed by atoms with Gasteiger partial charge < -0.3 is 14.2 Å². The molecule has 5 nitrogen and oxygen atoms in total. The van der Waals surface area contributed by atoms with Crippen molar-refractivity contribution in [2.75, 3.05) is 13.2 Å². The van der Waals surface area contributed by atoms with Crippen molar-refractivity contribution < 1.29 is 23.8 Å². The molecule has 0 aliphatic carbocycles. The average Bonchev–Trinajstić information content (AvgIpc) is 2.30. The number of carbonyl (C=O) groups excluding carboxylic acids is 2. The maximum Gasteiger partial charge on any atom is 0.331 e. The summed E-state index contributed by atoms with van der Waals surface area (Å²) in [7, 11) is 0. The third-order valence-corrected chi connectivity index (χ3v) is 2.07. The van der Waals surface area contributed by atoms with E-state index in [9.17, 15) is 9.59 Å². The van der Waals surface area contributed by atoms with Crippen LogP contribution in [0.15, 0.2) is 12.2 Å². The van der Waals surface area contributed by atoms with E-state index in [2.05, 4.69) is 6.92 Å². The fraction of sp³-hybridized carbons (Fsp3) is 0.733. The molecule has 0 saturated carbocycles. The van der Waals surface area contributed by atoms with Gasteiger partial charge in [-0.2, -0.15) is 0 Å². The first kappa shape index (κ1) is 18.6. The van der Waals surface area contributed by atoms with Crippen LogP contribution in [0.25, 0.3) is 0 Å². The zero-order valence-corrected chi connectivity index (χ0v) is 13.1. The summed E-state index contributed by atoms with van der Waals surface area (Å²) in [6.07, 6.45) is 3.84. The molecule has 1 unspecified atom stereocenters. The lowest BCUT2D eigenvalue weighted by atomic mass is 10.2. The summed E-state index contributed by atoms with van der Waals surface area (Å²) in [4.78, 5) is 22.8. The maximum atomic E-state index is 11.4. The summed E-state index contributed by atoms with van der Waals surface area (Å²) >= 11 is 0. The highest BCUT2D eigenvalue weighted by Gasteiger charge is 2.14. The molecule has 0 heterocycles. The van der Waals surface area contributed by atoms with Crippen molar-refractivity contribution in [2.45, 2.75) is 59.2 Å². The van der Waals surface area contributed by atoms with E-state index in [1.807, 2.05) is 0 Å². The van der Waals surface area contributed by atoms with Gasteiger partial charge in [-0.1, -0.05) is 13.3 Å². The van der Waals surface area contributed by atoms with Crippen LogP contribution in [-0.2, 0) is 23.8 Å². The van der Waals surface area contributed by atoms with Crippen LogP contribution in [0.1, 0.15) is 47.5 Å². The summed E-state index contributed by atoms with van der Waals surface area (Å²) in [6, 6.07) is 0. The average molecular weight is 286 g/mol. The van der Waals surface area contributed by atoms with Gasteiger partial charge >= 0.3 is 11.9 Å². The molecule has 0 bridgehead atoms. The summed E-state index contributed by atoms with van der Waals surface area (Å²) in [5, 5.41) is 0. The van der Waals surface area contributed by atoms with Gasteiger partial charge in [-0.25, -0.2) is 9.59 Å². The summed E-state index contributed by atoms with van der Waals surface area (Å²) in [5.41, 5.74) is -0.578. The molecular formula is C15H26O5. The molecule has 116 valence electrons. The van der Waals surface area contributed by atoms with Gasteiger partial charge in [0.05, 0.1) is 6.61 Å². The molecule has 0 amide bonds. The molecule has 0 N–H and O–H groups in total. The third-order valence-electron chi connectivity index (χ3n) is 2.07. The number of hydrogen-bond donors (Lipinski definition) is 0. The number of esters is 2. The molecule has 0 aromatic rings. The van der Waals surface area contributed by atoms with E-state index in [1.165, 1.54) is 0 Å². The lowest BCUT2D eigenvalue weighted by Gasteiger charge is -2.17. The first-order chi connectivity index (χ1) is 9.24. The van der Waals surface area contributed by atoms with Gasteiger partial charge in [-0.15, -0.1) is 0 Å². The number of carbonyl (C=O) groups is 2. The highest BCUT2D eigenvalue weighted by molar-refractivity contribution is 5.91. The minimum absolute atomic E-state index is 0.345. The van der Waals surface area contributed by atoms with Crippen LogP contribution in [0.5, 0.6) is 0 Å². The monoisotopic (exact) mass is 286 g/mol. The highest BCUT2D eigenvalue weighted by Crippen LogP contribution is 2.07. The van der Waals surface area contributed by atoms with Crippen molar-refractivity contribution in [3.8, 4) is 0 Å². The molecule has 0 saturated heterocycles. The number of rotatable bonds is 8. The highest BCUT2D eigenvalue weighted by atomic mass is 16.6. The normalized spacial score (nSPS) is 13.2. The first-order valence-corrected chi connectivity index (χ1v) is 6.94. The standard InChI is InChI=1S/C15H26O5/c1-6-7-10-18-11-12(2)19-13(16)8-9-14(17)20-15(3,4)5/h8-9,12H,6-7,10-11H2,1-5H3. The minimum atomic E-state index is -0.581. The van der Waals surface area contributed by atoms with Crippen molar-refractivity contribution >= 4 is 11.9 Å². The van der Waals surface area contributed by atoms with Crippen molar-refractivity contribution in [3.63, 3.8) is 0 Å². The molecule has 0 rings (SSSR count). The van der Waals surface area contributed by atoms with E-state index in [-0.39, 0.29) is 6.10 Å². The Morgan fingerprint density at radius 2 is 1.75 bits per heavy atom. The summed E-state index contributed by atoms with van der Waals surface area (Å²) in [6.45, 7) is 10.1. The number of hydrogen-bond acceptors (Lipinski definition) is 5. The smallest absolute Gasteiger partial charge is 0.331 e. The molecule has 0 aliphatic rings. The first-order valence-electron chi connectivity index (χ1n) is 6.94. The van der Waals surface area contributed by atoms with Gasteiger partial charge in [0.1, 0.15) is 11.7 Å². The molecule has 5 heteroatoms. The Hall–Kier alpha value is -1.36. The Kier molecular flexibility index (Phi) is 8.88. The van der Waals surface area contributed by atoms with Crippen molar-refractivity contribution in [1.29, 1.82) is 0 Å². The fourth-order valence-electron chi connectivity index (χ4n) is 1.24. The largest absolute Gasteiger partial charge is 0.457 e. The second-order valence-electron chi connectivity index (χ2n) is 5.54.